The Bertz CT molecular complexity index is 1160. The molecule has 0 saturated carbocycles. The van der Waals surface area contributed by atoms with Gasteiger partial charge in [0, 0.05) is 0 Å². The molecule has 0 saturated heterocycles. The number of benzene rings is 2. The Kier molecular flexibility index (Phi) is 15.9. The van der Waals surface area contributed by atoms with Gasteiger partial charge >= 0.3 is 26.2 Å². The van der Waals surface area contributed by atoms with Crippen molar-refractivity contribution in [3.05, 3.63) is 116 Å². The molecule has 0 amide bonds. The minimum Gasteiger partial charge on any atom is -0.868 e. The number of hydrogen-bond donors (Lipinski definition) is 0. The number of aryl methyl sites for hydroxylation is 3. The molecule has 0 aromatic heterocycles. The van der Waals surface area contributed by atoms with Crippen molar-refractivity contribution in [2.24, 2.45) is 0 Å². The first-order valence-corrected chi connectivity index (χ1v) is 11.8. The van der Waals surface area contributed by atoms with Gasteiger partial charge in [-0.15, -0.1) is 0 Å². The van der Waals surface area contributed by atoms with Crippen molar-refractivity contribution in [2.45, 2.75) is 47.5 Å². The summed E-state index contributed by atoms with van der Waals surface area (Å²) in [5.74, 6) is -27.2. The summed E-state index contributed by atoms with van der Waals surface area (Å²) < 4.78 is 121. The van der Waals surface area contributed by atoms with Gasteiger partial charge in [-0.1, -0.05) is 47.5 Å². The molecule has 0 heterocycles. The van der Waals surface area contributed by atoms with Crippen LogP contribution in [-0.4, -0.2) is 0 Å². The van der Waals surface area contributed by atoms with E-state index in [1.165, 1.54) is 40.7 Å². The topological polar surface area (TPSA) is 46.1 Å². The fourth-order valence-corrected chi connectivity index (χ4v) is 3.17. The van der Waals surface area contributed by atoms with Crippen molar-refractivity contribution in [1.82, 2.24) is 0 Å². The minimum atomic E-state index is -2.33. The molecule has 0 aliphatic heterocycles. The van der Waals surface area contributed by atoms with Gasteiger partial charge in [-0.2, -0.15) is 46.0 Å². The molecule has 4 aromatic rings. The van der Waals surface area contributed by atoms with E-state index in [0.29, 0.717) is 0 Å². The van der Waals surface area contributed by atoms with Crippen LogP contribution in [0.1, 0.15) is 41.2 Å². The van der Waals surface area contributed by atoms with Gasteiger partial charge in [-0.3, -0.25) is 0 Å². The molecule has 2 nitrogen and oxygen atoms in total. The zero-order valence-electron chi connectivity index (χ0n) is 22.9. The molecule has 0 aliphatic rings. The third kappa shape index (κ3) is 9.47. The van der Waals surface area contributed by atoms with Crippen LogP contribution in [0.15, 0.2) is 30.3 Å². The molecule has 0 radical (unpaired) electrons. The van der Waals surface area contributed by atoms with Gasteiger partial charge in [0.1, 0.15) is 0 Å². The second-order valence-corrected chi connectivity index (χ2v) is 8.60. The van der Waals surface area contributed by atoms with Crippen LogP contribution in [0.2, 0.25) is 0 Å². The molecular weight excluding hydrogens is 662 g/mol. The van der Waals surface area contributed by atoms with E-state index in [0.717, 1.165) is 0 Å². The SMILES string of the molecule is CCC[c-]1cccc1.Cc1c[c-](C)c(C)c1C.[O-]c1c(F)c(F)c(F)c(F)c1F.[O-]c1c(F)c(F)c(F)c(F)c1F.[Zr+4]. The van der Waals surface area contributed by atoms with Crippen molar-refractivity contribution in [1.29, 1.82) is 0 Å². The second-order valence-electron chi connectivity index (χ2n) is 8.60. The van der Waals surface area contributed by atoms with Crippen molar-refractivity contribution >= 4 is 0 Å². The molecule has 0 bridgehead atoms. The van der Waals surface area contributed by atoms with Crippen LogP contribution in [0.3, 0.4) is 0 Å². The van der Waals surface area contributed by atoms with E-state index >= 15 is 0 Å². The van der Waals surface area contributed by atoms with Crippen LogP contribution in [0, 0.1) is 85.9 Å². The van der Waals surface area contributed by atoms with Crippen LogP contribution in [-0.2, 0) is 32.6 Å². The summed E-state index contributed by atoms with van der Waals surface area (Å²) >= 11 is 0. The molecule has 0 unspecified atom stereocenters. The Morgan fingerprint density at radius 2 is 0.905 bits per heavy atom. The van der Waals surface area contributed by atoms with E-state index in [9.17, 15) is 54.1 Å². The van der Waals surface area contributed by atoms with Gasteiger partial charge < -0.3 is 10.2 Å². The molecule has 13 heteroatoms. The van der Waals surface area contributed by atoms with E-state index in [1.54, 1.807) is 0 Å². The summed E-state index contributed by atoms with van der Waals surface area (Å²) in [6, 6.07) is 10.8. The van der Waals surface area contributed by atoms with Crippen LogP contribution in [0.5, 0.6) is 11.5 Å². The standard InChI is InChI=1S/C9H13.C8H11.2C6HF5O.Zr/c1-6-5-7(2)9(4)8(6)3;1-2-5-8-6-3-4-7-8;2*7-1-2(8)4(10)6(12)5(11)3(1)9;/h5H,1-4H3;3-4,6-7H,2,5H2,1H3;2*12H;/q2*-1;;;+4/p-2. The number of rotatable bonds is 2. The van der Waals surface area contributed by atoms with Crippen LogP contribution < -0.4 is 10.2 Å². The Morgan fingerprint density at radius 1 is 0.595 bits per heavy atom. The summed E-state index contributed by atoms with van der Waals surface area (Å²) in [5, 5.41) is 20.3. The van der Waals surface area contributed by atoms with Crippen molar-refractivity contribution in [3.63, 3.8) is 0 Å². The van der Waals surface area contributed by atoms with E-state index < -0.39 is 69.7 Å². The van der Waals surface area contributed by atoms with Crippen LogP contribution in [0.25, 0.3) is 0 Å². The summed E-state index contributed by atoms with van der Waals surface area (Å²) in [4.78, 5) is 0. The molecule has 0 fully saturated rings. The first-order valence-electron chi connectivity index (χ1n) is 11.8. The van der Waals surface area contributed by atoms with Gasteiger partial charge in [0.25, 0.3) is 0 Å². The van der Waals surface area contributed by atoms with Crippen molar-refractivity contribution in [3.8, 4) is 11.5 Å². The third-order valence-corrected chi connectivity index (χ3v) is 5.79. The number of halogens is 10. The maximum Gasteiger partial charge on any atom is 4.00 e. The summed E-state index contributed by atoms with van der Waals surface area (Å²) in [7, 11) is 0. The summed E-state index contributed by atoms with van der Waals surface area (Å²) in [5.41, 5.74) is 7.21. The average Bonchev–Trinajstić information content (AvgIpc) is 3.55. The van der Waals surface area contributed by atoms with Gasteiger partial charge in [0.2, 0.25) is 0 Å². The molecule has 0 N–H and O–H groups in total. The Hall–Kier alpha value is -3.08. The third-order valence-electron chi connectivity index (χ3n) is 5.79. The Morgan fingerprint density at radius 3 is 1.12 bits per heavy atom. The summed E-state index contributed by atoms with van der Waals surface area (Å²) in [6.45, 7) is 10.9. The van der Waals surface area contributed by atoms with Crippen LogP contribution >= 0.6 is 0 Å². The smallest absolute Gasteiger partial charge is 0.868 e. The van der Waals surface area contributed by atoms with Crippen LogP contribution in [0.4, 0.5) is 43.9 Å². The minimum absolute atomic E-state index is 0. The number of hydrogen-bond acceptors (Lipinski definition) is 2. The average molecular weight is 686 g/mol. The van der Waals surface area contributed by atoms with Crippen molar-refractivity contribution in [2.75, 3.05) is 0 Å². The maximum atomic E-state index is 12.1. The molecule has 42 heavy (non-hydrogen) atoms. The normalized spacial score (nSPS) is 9.98. The first kappa shape index (κ1) is 38.9. The maximum absolute atomic E-state index is 12.1. The molecule has 0 spiro atoms. The van der Waals surface area contributed by atoms with E-state index in [1.807, 2.05) is 0 Å². The zero-order chi connectivity index (χ0) is 31.8. The quantitative estimate of drug-likeness (QED) is 0.0933. The van der Waals surface area contributed by atoms with E-state index in [4.69, 9.17) is 0 Å². The Balaban J connectivity index is 0.000000536. The molecule has 4 aromatic carbocycles. The predicted molar refractivity (Wildman–Crippen MR) is 128 cm³/mol. The van der Waals surface area contributed by atoms with Gasteiger partial charge in [0.15, 0.2) is 58.2 Å². The second kappa shape index (κ2) is 17.1. The van der Waals surface area contributed by atoms with Gasteiger partial charge in [-0.25, -0.2) is 56.0 Å². The fourth-order valence-electron chi connectivity index (χ4n) is 3.17. The molecule has 0 atom stereocenters. The first-order chi connectivity index (χ1) is 19.0. The van der Waals surface area contributed by atoms with Gasteiger partial charge in [0.05, 0.1) is 0 Å². The summed E-state index contributed by atoms with van der Waals surface area (Å²) in [6.07, 6.45) is 2.48. The largest absolute Gasteiger partial charge is 4.00 e. The fraction of sp³-hybridized carbons (Fsp3) is 0.241. The van der Waals surface area contributed by atoms with E-state index in [-0.39, 0.29) is 26.2 Å². The molecule has 0 aliphatic carbocycles. The zero-order valence-corrected chi connectivity index (χ0v) is 25.4. The molecule has 4 rings (SSSR count). The molecular formula is C29H24F10O2Zr. The monoisotopic (exact) mass is 684 g/mol. The van der Waals surface area contributed by atoms with Gasteiger partial charge in [-0.05, 0) is 11.5 Å². The van der Waals surface area contributed by atoms with E-state index in [2.05, 4.69) is 65.0 Å². The van der Waals surface area contributed by atoms with Crippen molar-refractivity contribution < 1.29 is 80.3 Å². The molecule has 226 valence electrons. The Labute approximate surface area is 255 Å². The predicted octanol–water partition coefficient (Wildman–Crippen LogP) is 7.91.